The predicted molar refractivity (Wildman–Crippen MR) is 83.4 cm³/mol. The van der Waals surface area contributed by atoms with E-state index in [9.17, 15) is 4.39 Å². The summed E-state index contributed by atoms with van der Waals surface area (Å²) >= 11 is 17.7. The van der Waals surface area contributed by atoms with Gasteiger partial charge in [0.15, 0.2) is 0 Å². The van der Waals surface area contributed by atoms with Crippen LogP contribution in [0.5, 0.6) is 0 Å². The van der Waals surface area contributed by atoms with Crippen molar-refractivity contribution in [2.24, 2.45) is 0 Å². The van der Waals surface area contributed by atoms with Gasteiger partial charge in [-0.2, -0.15) is 0 Å². The lowest BCUT2D eigenvalue weighted by atomic mass is 9.98. The molecule has 1 atom stereocenters. The van der Waals surface area contributed by atoms with Crippen LogP contribution in [0.1, 0.15) is 17.2 Å². The molecule has 0 heterocycles. The van der Waals surface area contributed by atoms with Crippen molar-refractivity contribution in [3.8, 4) is 0 Å². The SMILES string of the molecule is CNC(Cc1ccc(Cl)c(Cl)c1)c1cccc(Cl)c1F. The molecule has 0 aliphatic carbocycles. The molecule has 0 aliphatic rings. The van der Waals surface area contributed by atoms with Gasteiger partial charge in [-0.15, -0.1) is 0 Å². The minimum atomic E-state index is -0.395. The number of hydrogen-bond donors (Lipinski definition) is 1. The number of likely N-dealkylation sites (N-methyl/N-ethyl adjacent to an activating group) is 1. The average molecular weight is 333 g/mol. The van der Waals surface area contributed by atoms with E-state index in [-0.39, 0.29) is 11.1 Å². The Kier molecular flexibility index (Phi) is 5.28. The molecule has 20 heavy (non-hydrogen) atoms. The molecule has 1 nitrogen and oxygen atoms in total. The Morgan fingerprint density at radius 2 is 1.80 bits per heavy atom. The first kappa shape index (κ1) is 15.6. The monoisotopic (exact) mass is 331 g/mol. The van der Waals surface area contributed by atoms with E-state index in [1.807, 2.05) is 6.07 Å². The second kappa shape index (κ2) is 6.77. The highest BCUT2D eigenvalue weighted by atomic mass is 35.5. The molecule has 5 heteroatoms. The third-order valence-electron chi connectivity index (χ3n) is 3.13. The van der Waals surface area contributed by atoms with Gasteiger partial charge in [-0.3, -0.25) is 0 Å². The molecule has 106 valence electrons. The Bertz CT molecular complexity index is 616. The van der Waals surface area contributed by atoms with E-state index in [1.165, 1.54) is 6.07 Å². The smallest absolute Gasteiger partial charge is 0.146 e. The van der Waals surface area contributed by atoms with E-state index in [2.05, 4.69) is 5.32 Å². The quantitative estimate of drug-likeness (QED) is 0.802. The summed E-state index contributed by atoms with van der Waals surface area (Å²) in [5, 5.41) is 4.21. The first-order valence-corrected chi connectivity index (χ1v) is 7.21. The molecule has 0 fully saturated rings. The van der Waals surface area contributed by atoms with Crippen molar-refractivity contribution in [3.05, 3.63) is 68.4 Å². The molecular weight excluding hydrogens is 320 g/mol. The fourth-order valence-corrected chi connectivity index (χ4v) is 2.56. The lowest BCUT2D eigenvalue weighted by molar-refractivity contribution is 0.534. The molecule has 1 unspecified atom stereocenters. The van der Waals surface area contributed by atoms with E-state index in [4.69, 9.17) is 34.8 Å². The summed E-state index contributed by atoms with van der Waals surface area (Å²) in [6.45, 7) is 0. The van der Waals surface area contributed by atoms with E-state index in [1.54, 1.807) is 31.3 Å². The number of halogens is 4. The number of hydrogen-bond acceptors (Lipinski definition) is 1. The lowest BCUT2D eigenvalue weighted by Gasteiger charge is -2.18. The molecule has 0 amide bonds. The molecule has 0 bridgehead atoms. The van der Waals surface area contributed by atoms with Crippen molar-refractivity contribution in [3.63, 3.8) is 0 Å². The van der Waals surface area contributed by atoms with Crippen LogP contribution in [0, 0.1) is 5.82 Å². The summed E-state index contributed by atoms with van der Waals surface area (Å²) in [6.07, 6.45) is 0.588. The maximum Gasteiger partial charge on any atom is 0.146 e. The topological polar surface area (TPSA) is 12.0 Å². The number of nitrogens with one attached hydrogen (secondary N) is 1. The van der Waals surface area contributed by atoms with Crippen LogP contribution in [0.25, 0.3) is 0 Å². The maximum absolute atomic E-state index is 14.1. The van der Waals surface area contributed by atoms with Gasteiger partial charge in [0.1, 0.15) is 5.82 Å². The molecule has 0 radical (unpaired) electrons. The van der Waals surface area contributed by atoms with E-state index in [0.29, 0.717) is 22.0 Å². The Balaban J connectivity index is 2.28. The van der Waals surface area contributed by atoms with Gasteiger partial charge in [0, 0.05) is 11.6 Å². The van der Waals surface area contributed by atoms with Gasteiger partial charge >= 0.3 is 0 Å². The molecule has 2 aromatic rings. The molecule has 0 aromatic heterocycles. The van der Waals surface area contributed by atoms with Crippen LogP contribution in [-0.2, 0) is 6.42 Å². The van der Waals surface area contributed by atoms with E-state index >= 15 is 0 Å². The van der Waals surface area contributed by atoms with Gasteiger partial charge in [0.25, 0.3) is 0 Å². The van der Waals surface area contributed by atoms with Gasteiger partial charge in [0.2, 0.25) is 0 Å². The van der Waals surface area contributed by atoms with Gasteiger partial charge in [-0.25, -0.2) is 4.39 Å². The Morgan fingerprint density at radius 3 is 2.45 bits per heavy atom. The summed E-state index contributed by atoms with van der Waals surface area (Å²) in [4.78, 5) is 0. The third-order valence-corrected chi connectivity index (χ3v) is 4.16. The molecule has 2 aromatic carbocycles. The molecule has 0 spiro atoms. The van der Waals surface area contributed by atoms with Crippen LogP contribution in [0.4, 0.5) is 4.39 Å². The summed E-state index contributed by atoms with van der Waals surface area (Å²) in [5.41, 5.74) is 1.50. The zero-order chi connectivity index (χ0) is 14.7. The molecule has 0 aliphatic heterocycles. The fourth-order valence-electron chi connectivity index (χ4n) is 2.06. The normalized spacial score (nSPS) is 12.4. The largest absolute Gasteiger partial charge is 0.313 e. The van der Waals surface area contributed by atoms with Gasteiger partial charge in [0.05, 0.1) is 15.1 Å². The fraction of sp³-hybridized carbons (Fsp3) is 0.200. The zero-order valence-corrected chi connectivity index (χ0v) is 13.0. The Labute approximate surface area is 132 Å². The van der Waals surface area contributed by atoms with Crippen molar-refractivity contribution >= 4 is 34.8 Å². The van der Waals surface area contributed by atoms with Crippen LogP contribution < -0.4 is 5.32 Å². The number of benzene rings is 2. The molecular formula is C15H13Cl3FN. The minimum absolute atomic E-state index is 0.122. The highest BCUT2D eigenvalue weighted by Crippen LogP contribution is 2.28. The van der Waals surface area contributed by atoms with E-state index in [0.717, 1.165) is 5.56 Å². The summed E-state index contributed by atoms with van der Waals surface area (Å²) in [6, 6.07) is 10.2. The lowest BCUT2D eigenvalue weighted by Crippen LogP contribution is -2.20. The first-order chi connectivity index (χ1) is 9.52. The van der Waals surface area contributed by atoms with Crippen molar-refractivity contribution in [1.82, 2.24) is 5.32 Å². The molecule has 0 saturated heterocycles. The second-order valence-electron chi connectivity index (χ2n) is 4.44. The maximum atomic E-state index is 14.1. The zero-order valence-electron chi connectivity index (χ0n) is 10.8. The highest BCUT2D eigenvalue weighted by Gasteiger charge is 2.16. The van der Waals surface area contributed by atoms with Gasteiger partial charge in [-0.05, 0) is 37.2 Å². The van der Waals surface area contributed by atoms with Crippen LogP contribution in [0.15, 0.2) is 36.4 Å². The van der Waals surface area contributed by atoms with Crippen LogP contribution in [0.3, 0.4) is 0 Å². The highest BCUT2D eigenvalue weighted by molar-refractivity contribution is 6.42. The summed E-state index contributed by atoms with van der Waals surface area (Å²) in [5.74, 6) is -0.395. The third kappa shape index (κ3) is 3.44. The predicted octanol–water partition coefficient (Wildman–Crippen LogP) is 5.29. The summed E-state index contributed by atoms with van der Waals surface area (Å²) < 4.78 is 14.1. The molecule has 2 rings (SSSR count). The van der Waals surface area contributed by atoms with Crippen LogP contribution in [0.2, 0.25) is 15.1 Å². The van der Waals surface area contributed by atoms with Crippen molar-refractivity contribution in [1.29, 1.82) is 0 Å². The van der Waals surface area contributed by atoms with Crippen molar-refractivity contribution in [2.75, 3.05) is 7.05 Å². The summed E-state index contributed by atoms with van der Waals surface area (Å²) in [7, 11) is 1.78. The van der Waals surface area contributed by atoms with Gasteiger partial charge in [-0.1, -0.05) is 53.0 Å². The number of rotatable bonds is 4. The molecule has 1 N–H and O–H groups in total. The van der Waals surface area contributed by atoms with Gasteiger partial charge < -0.3 is 5.32 Å². The van der Waals surface area contributed by atoms with E-state index < -0.39 is 5.82 Å². The van der Waals surface area contributed by atoms with Crippen LogP contribution in [-0.4, -0.2) is 7.05 Å². The minimum Gasteiger partial charge on any atom is -0.313 e. The van der Waals surface area contributed by atoms with Crippen LogP contribution >= 0.6 is 34.8 Å². The van der Waals surface area contributed by atoms with Crippen molar-refractivity contribution < 1.29 is 4.39 Å². The first-order valence-electron chi connectivity index (χ1n) is 6.08. The Morgan fingerprint density at radius 1 is 1.05 bits per heavy atom. The van der Waals surface area contributed by atoms with Crippen molar-refractivity contribution in [2.45, 2.75) is 12.5 Å². The Hall–Kier alpha value is -0.800. The molecule has 0 saturated carbocycles. The second-order valence-corrected chi connectivity index (χ2v) is 5.66. The standard InChI is InChI=1S/C15H13Cl3FN/c1-20-14(10-3-2-4-12(17)15(10)19)8-9-5-6-11(16)13(18)7-9/h2-7,14,20H,8H2,1H3. The average Bonchev–Trinajstić information content (AvgIpc) is 2.43.